The largest absolute Gasteiger partial charge is 0.393 e. The number of aliphatic hydroxyl groups excluding tert-OH is 1. The van der Waals surface area contributed by atoms with Gasteiger partial charge in [-0.3, -0.25) is 0 Å². The van der Waals surface area contributed by atoms with E-state index >= 15 is 0 Å². The Balaban J connectivity index is 1.90. The van der Waals surface area contributed by atoms with Crippen LogP contribution in [0.1, 0.15) is 25.7 Å². The molecular formula is C14H16ClN3O. The third kappa shape index (κ3) is 2.65. The Kier molecular flexibility index (Phi) is 3.53. The number of aromatic nitrogens is 2. The minimum Gasteiger partial charge on any atom is -0.393 e. The number of rotatable bonds is 2. The molecule has 5 heteroatoms. The van der Waals surface area contributed by atoms with Crippen LogP contribution < -0.4 is 5.32 Å². The highest BCUT2D eigenvalue weighted by Crippen LogP contribution is 2.28. The fraction of sp³-hybridized carbons (Fsp3) is 0.429. The standard InChI is InChI=1S/C14H16ClN3O/c15-13-11-6-1-2-7-12(11)14(18-17-13)16-9-4-3-5-10(19)8-9/h1-2,6-7,9-10,19H,3-5,8H2,(H,16,18). The number of hydrogen-bond donors (Lipinski definition) is 2. The molecule has 100 valence electrons. The van der Waals surface area contributed by atoms with Crippen LogP contribution in [-0.2, 0) is 0 Å². The first-order valence-electron chi connectivity index (χ1n) is 6.59. The van der Waals surface area contributed by atoms with Gasteiger partial charge in [-0.25, -0.2) is 0 Å². The van der Waals surface area contributed by atoms with Gasteiger partial charge < -0.3 is 10.4 Å². The van der Waals surface area contributed by atoms with Gasteiger partial charge in [-0.2, -0.15) is 0 Å². The van der Waals surface area contributed by atoms with E-state index in [9.17, 15) is 5.11 Å². The molecule has 1 heterocycles. The van der Waals surface area contributed by atoms with E-state index in [1.165, 1.54) is 0 Å². The summed E-state index contributed by atoms with van der Waals surface area (Å²) in [5, 5.41) is 23.5. The Morgan fingerprint density at radius 1 is 1.16 bits per heavy atom. The second-order valence-corrected chi connectivity index (χ2v) is 5.40. The van der Waals surface area contributed by atoms with E-state index in [-0.39, 0.29) is 12.1 Å². The molecule has 0 bridgehead atoms. The van der Waals surface area contributed by atoms with E-state index < -0.39 is 0 Å². The highest BCUT2D eigenvalue weighted by Gasteiger charge is 2.21. The van der Waals surface area contributed by atoms with Crippen LogP contribution in [0.3, 0.4) is 0 Å². The molecule has 19 heavy (non-hydrogen) atoms. The molecule has 0 aliphatic heterocycles. The Labute approximate surface area is 116 Å². The van der Waals surface area contributed by atoms with Crippen LogP contribution in [0, 0.1) is 0 Å². The Morgan fingerprint density at radius 3 is 2.74 bits per heavy atom. The minimum absolute atomic E-state index is 0.210. The molecule has 4 nitrogen and oxygen atoms in total. The molecular weight excluding hydrogens is 262 g/mol. The van der Waals surface area contributed by atoms with E-state index in [2.05, 4.69) is 15.5 Å². The van der Waals surface area contributed by atoms with Crippen LogP contribution in [0.4, 0.5) is 5.82 Å². The zero-order chi connectivity index (χ0) is 13.2. The average molecular weight is 278 g/mol. The molecule has 1 aliphatic carbocycles. The van der Waals surface area contributed by atoms with Crippen LogP contribution in [-0.4, -0.2) is 27.4 Å². The van der Waals surface area contributed by atoms with Crippen molar-refractivity contribution < 1.29 is 5.11 Å². The highest BCUT2D eigenvalue weighted by molar-refractivity contribution is 6.34. The van der Waals surface area contributed by atoms with Gasteiger partial charge in [0.05, 0.1) is 6.10 Å². The molecule has 2 aromatic rings. The van der Waals surface area contributed by atoms with Crippen LogP contribution in [0.15, 0.2) is 24.3 Å². The van der Waals surface area contributed by atoms with Gasteiger partial charge in [0, 0.05) is 16.8 Å². The molecule has 2 unspecified atom stereocenters. The second-order valence-electron chi connectivity index (χ2n) is 5.05. The normalized spacial score (nSPS) is 23.5. The lowest BCUT2D eigenvalue weighted by molar-refractivity contribution is 0.124. The fourth-order valence-electron chi connectivity index (χ4n) is 2.67. The maximum absolute atomic E-state index is 9.72. The van der Waals surface area contributed by atoms with E-state index in [1.807, 2.05) is 24.3 Å². The number of fused-ring (bicyclic) bond motifs is 1. The summed E-state index contributed by atoms with van der Waals surface area (Å²) in [7, 11) is 0. The molecule has 0 amide bonds. The number of benzene rings is 1. The van der Waals surface area contributed by atoms with Crippen molar-refractivity contribution in [2.24, 2.45) is 0 Å². The minimum atomic E-state index is -0.210. The summed E-state index contributed by atoms with van der Waals surface area (Å²) in [6, 6.07) is 8.07. The van der Waals surface area contributed by atoms with Crippen LogP contribution in [0.5, 0.6) is 0 Å². The topological polar surface area (TPSA) is 58.0 Å². The van der Waals surface area contributed by atoms with E-state index in [4.69, 9.17) is 11.6 Å². The predicted molar refractivity (Wildman–Crippen MR) is 76.4 cm³/mol. The van der Waals surface area contributed by atoms with Gasteiger partial charge in [0.2, 0.25) is 0 Å². The Morgan fingerprint density at radius 2 is 1.95 bits per heavy atom. The lowest BCUT2D eigenvalue weighted by Gasteiger charge is -2.27. The zero-order valence-electron chi connectivity index (χ0n) is 10.5. The lowest BCUT2D eigenvalue weighted by Crippen LogP contribution is -2.30. The quantitative estimate of drug-likeness (QED) is 0.886. The first kappa shape index (κ1) is 12.6. The van der Waals surface area contributed by atoms with Crippen molar-refractivity contribution >= 4 is 28.2 Å². The Hall–Kier alpha value is -1.39. The van der Waals surface area contributed by atoms with E-state index in [0.717, 1.165) is 42.3 Å². The number of anilines is 1. The lowest BCUT2D eigenvalue weighted by atomic mass is 9.93. The monoisotopic (exact) mass is 277 g/mol. The van der Waals surface area contributed by atoms with Crippen LogP contribution in [0.25, 0.3) is 10.8 Å². The smallest absolute Gasteiger partial charge is 0.159 e. The highest BCUT2D eigenvalue weighted by atomic mass is 35.5. The molecule has 3 rings (SSSR count). The van der Waals surface area contributed by atoms with Gasteiger partial charge in [-0.1, -0.05) is 35.9 Å². The first-order chi connectivity index (χ1) is 9.24. The molecule has 0 spiro atoms. The van der Waals surface area contributed by atoms with Crippen molar-refractivity contribution in [3.05, 3.63) is 29.4 Å². The molecule has 0 radical (unpaired) electrons. The summed E-state index contributed by atoms with van der Waals surface area (Å²) in [5.41, 5.74) is 0. The van der Waals surface area contributed by atoms with Gasteiger partial charge in [0.15, 0.2) is 11.0 Å². The van der Waals surface area contributed by atoms with Gasteiger partial charge in [-0.05, 0) is 25.7 Å². The summed E-state index contributed by atoms with van der Waals surface area (Å²) in [4.78, 5) is 0. The number of nitrogens with one attached hydrogen (secondary N) is 1. The van der Waals surface area contributed by atoms with Crippen molar-refractivity contribution in [2.45, 2.75) is 37.8 Å². The van der Waals surface area contributed by atoms with E-state index in [0.29, 0.717) is 5.15 Å². The van der Waals surface area contributed by atoms with Gasteiger partial charge in [0.25, 0.3) is 0 Å². The van der Waals surface area contributed by atoms with Crippen LogP contribution in [0.2, 0.25) is 5.15 Å². The van der Waals surface area contributed by atoms with Crippen molar-refractivity contribution in [1.29, 1.82) is 0 Å². The summed E-state index contributed by atoms with van der Waals surface area (Å²) in [6.45, 7) is 0. The van der Waals surface area contributed by atoms with Crippen molar-refractivity contribution in [3.63, 3.8) is 0 Å². The summed E-state index contributed by atoms with van der Waals surface area (Å²) < 4.78 is 0. The summed E-state index contributed by atoms with van der Waals surface area (Å²) >= 11 is 6.05. The fourth-order valence-corrected chi connectivity index (χ4v) is 2.87. The maximum Gasteiger partial charge on any atom is 0.159 e. The number of halogens is 1. The third-order valence-electron chi connectivity index (χ3n) is 3.63. The second kappa shape index (κ2) is 5.31. The van der Waals surface area contributed by atoms with Crippen molar-refractivity contribution in [2.75, 3.05) is 5.32 Å². The summed E-state index contributed by atoms with van der Waals surface area (Å²) in [5.74, 6) is 0.749. The SMILES string of the molecule is OC1CCCC(Nc2nnc(Cl)c3ccccc23)C1. The molecule has 1 fully saturated rings. The third-order valence-corrected chi connectivity index (χ3v) is 3.91. The van der Waals surface area contributed by atoms with E-state index in [1.54, 1.807) is 0 Å². The molecule has 1 aromatic carbocycles. The molecule has 1 aromatic heterocycles. The summed E-state index contributed by atoms with van der Waals surface area (Å²) in [6.07, 6.45) is 3.54. The molecule has 2 N–H and O–H groups in total. The van der Waals surface area contributed by atoms with Crippen molar-refractivity contribution in [3.8, 4) is 0 Å². The van der Waals surface area contributed by atoms with Crippen molar-refractivity contribution in [1.82, 2.24) is 10.2 Å². The van der Waals surface area contributed by atoms with Gasteiger partial charge >= 0.3 is 0 Å². The average Bonchev–Trinajstić information content (AvgIpc) is 2.42. The predicted octanol–water partition coefficient (Wildman–Crippen LogP) is 3.00. The van der Waals surface area contributed by atoms with Gasteiger partial charge in [-0.15, -0.1) is 10.2 Å². The van der Waals surface area contributed by atoms with Gasteiger partial charge in [0.1, 0.15) is 0 Å². The zero-order valence-corrected chi connectivity index (χ0v) is 11.3. The Bertz CT molecular complexity index is 590. The molecule has 1 aliphatic rings. The first-order valence-corrected chi connectivity index (χ1v) is 6.97. The molecule has 2 atom stereocenters. The molecule has 1 saturated carbocycles. The number of hydrogen-bond acceptors (Lipinski definition) is 4. The maximum atomic E-state index is 9.72. The molecule has 0 saturated heterocycles. The number of nitrogens with zero attached hydrogens (tertiary/aromatic N) is 2. The van der Waals surface area contributed by atoms with Crippen LogP contribution >= 0.6 is 11.6 Å². The number of aliphatic hydroxyl groups is 1.